The monoisotopic (exact) mass is 361 g/mol. The summed E-state index contributed by atoms with van der Waals surface area (Å²) in [6.45, 7) is 2.04. The van der Waals surface area contributed by atoms with E-state index in [1.54, 1.807) is 36.4 Å². The van der Waals surface area contributed by atoms with Gasteiger partial charge in [-0.2, -0.15) is 13.5 Å². The summed E-state index contributed by atoms with van der Waals surface area (Å²) >= 11 is 5.88. The highest BCUT2D eigenvalue weighted by molar-refractivity contribution is 7.92. The molecule has 1 heterocycles. The predicted molar refractivity (Wildman–Crippen MR) is 95.7 cm³/mol. The highest BCUT2D eigenvalue weighted by atomic mass is 35.5. The van der Waals surface area contributed by atoms with Gasteiger partial charge in [0, 0.05) is 16.3 Å². The normalized spacial score (nSPS) is 11.4. The molecule has 3 rings (SSSR count). The van der Waals surface area contributed by atoms with E-state index in [0.717, 1.165) is 17.5 Å². The first-order valence-corrected chi connectivity index (χ1v) is 9.27. The van der Waals surface area contributed by atoms with Gasteiger partial charge in [-0.25, -0.2) is 0 Å². The lowest BCUT2D eigenvalue weighted by Crippen LogP contribution is -2.14. The second-order valence-electron chi connectivity index (χ2n) is 5.28. The third-order valence-corrected chi connectivity index (χ3v) is 5.25. The number of anilines is 1. The van der Waals surface area contributed by atoms with Gasteiger partial charge in [0.15, 0.2) is 5.03 Å². The molecule has 0 aliphatic heterocycles. The Labute approximate surface area is 145 Å². The minimum absolute atomic E-state index is 0.0180. The smallest absolute Gasteiger partial charge is 0.278 e. The summed E-state index contributed by atoms with van der Waals surface area (Å²) in [4.78, 5) is 0. The topological polar surface area (TPSA) is 74.8 Å². The maximum absolute atomic E-state index is 12.7. The number of hydrogen-bond acceptors (Lipinski definition) is 3. The Morgan fingerprint density at radius 3 is 2.38 bits per heavy atom. The molecule has 7 heteroatoms. The van der Waals surface area contributed by atoms with Crippen molar-refractivity contribution in [3.63, 3.8) is 0 Å². The van der Waals surface area contributed by atoms with Crippen molar-refractivity contribution >= 4 is 27.3 Å². The third kappa shape index (κ3) is 3.44. The number of nitrogens with one attached hydrogen (secondary N) is 2. The number of aromatic nitrogens is 2. The fourth-order valence-electron chi connectivity index (χ4n) is 2.33. The first kappa shape index (κ1) is 16.5. The van der Waals surface area contributed by atoms with Crippen LogP contribution in [0, 0.1) is 0 Å². The largest absolute Gasteiger partial charge is 0.279 e. The van der Waals surface area contributed by atoms with Crippen molar-refractivity contribution in [3.05, 3.63) is 65.3 Å². The molecule has 0 radical (unpaired) electrons. The number of benzene rings is 2. The van der Waals surface area contributed by atoms with Crippen LogP contribution >= 0.6 is 11.6 Å². The van der Waals surface area contributed by atoms with E-state index in [1.165, 1.54) is 6.20 Å². The Balaban J connectivity index is 1.93. The molecule has 24 heavy (non-hydrogen) atoms. The van der Waals surface area contributed by atoms with Crippen LogP contribution in [0.2, 0.25) is 5.02 Å². The zero-order chi connectivity index (χ0) is 17.2. The molecule has 0 unspecified atom stereocenters. The molecule has 0 aliphatic rings. The van der Waals surface area contributed by atoms with Gasteiger partial charge in [-0.1, -0.05) is 42.8 Å². The Morgan fingerprint density at radius 2 is 1.75 bits per heavy atom. The van der Waals surface area contributed by atoms with Gasteiger partial charge < -0.3 is 0 Å². The summed E-state index contributed by atoms with van der Waals surface area (Å²) < 4.78 is 27.9. The van der Waals surface area contributed by atoms with E-state index in [0.29, 0.717) is 16.3 Å². The fourth-order valence-corrected chi connectivity index (χ4v) is 3.64. The first-order chi connectivity index (χ1) is 11.5. The zero-order valence-corrected chi connectivity index (χ0v) is 14.5. The van der Waals surface area contributed by atoms with Crippen LogP contribution in [0.15, 0.2) is 59.8 Å². The molecule has 2 N–H and O–H groups in total. The van der Waals surface area contributed by atoms with Crippen LogP contribution in [0.3, 0.4) is 0 Å². The van der Waals surface area contributed by atoms with Gasteiger partial charge in [-0.3, -0.25) is 9.82 Å². The summed E-state index contributed by atoms with van der Waals surface area (Å²) in [6.07, 6.45) is 2.38. The van der Waals surface area contributed by atoms with Crippen LogP contribution in [-0.2, 0) is 16.4 Å². The average molecular weight is 362 g/mol. The fraction of sp³-hybridized carbons (Fsp3) is 0.118. The van der Waals surface area contributed by atoms with Crippen LogP contribution in [0.5, 0.6) is 0 Å². The van der Waals surface area contributed by atoms with Crippen molar-refractivity contribution in [2.75, 3.05) is 4.72 Å². The minimum Gasteiger partial charge on any atom is -0.278 e. The molecule has 0 atom stereocenters. The lowest BCUT2D eigenvalue weighted by Gasteiger charge is -2.09. The molecular weight excluding hydrogens is 346 g/mol. The number of H-pyrrole nitrogens is 1. The number of aryl methyl sites for hydroxylation is 1. The lowest BCUT2D eigenvalue weighted by atomic mass is 10.1. The maximum atomic E-state index is 12.7. The van der Waals surface area contributed by atoms with Gasteiger partial charge in [0.2, 0.25) is 0 Å². The van der Waals surface area contributed by atoms with Crippen LogP contribution in [0.25, 0.3) is 11.1 Å². The predicted octanol–water partition coefficient (Wildman–Crippen LogP) is 4.09. The summed E-state index contributed by atoms with van der Waals surface area (Å²) in [5, 5.41) is 7.05. The molecule has 0 spiro atoms. The summed E-state index contributed by atoms with van der Waals surface area (Å²) in [6, 6.07) is 14.2. The van der Waals surface area contributed by atoms with Crippen LogP contribution in [-0.4, -0.2) is 18.6 Å². The highest BCUT2D eigenvalue weighted by Crippen LogP contribution is 2.28. The summed E-state index contributed by atoms with van der Waals surface area (Å²) in [7, 11) is -3.78. The molecule has 0 saturated carbocycles. The van der Waals surface area contributed by atoms with Gasteiger partial charge in [-0.05, 0) is 41.8 Å². The average Bonchev–Trinajstić information content (AvgIpc) is 3.06. The Morgan fingerprint density at radius 1 is 1.08 bits per heavy atom. The van der Waals surface area contributed by atoms with Crippen molar-refractivity contribution in [2.24, 2.45) is 0 Å². The Kier molecular flexibility index (Phi) is 4.59. The molecule has 1 aromatic heterocycles. The molecular formula is C17H16ClN3O2S. The van der Waals surface area contributed by atoms with Crippen molar-refractivity contribution in [1.29, 1.82) is 0 Å². The number of rotatable bonds is 5. The van der Waals surface area contributed by atoms with E-state index in [2.05, 4.69) is 14.9 Å². The highest BCUT2D eigenvalue weighted by Gasteiger charge is 2.22. The molecule has 2 aromatic carbocycles. The second kappa shape index (κ2) is 6.67. The molecule has 0 amide bonds. The lowest BCUT2D eigenvalue weighted by molar-refractivity contribution is 0.597. The number of hydrogen-bond donors (Lipinski definition) is 2. The van der Waals surface area contributed by atoms with Crippen molar-refractivity contribution in [3.8, 4) is 11.1 Å². The van der Waals surface area contributed by atoms with E-state index >= 15 is 0 Å². The molecule has 0 bridgehead atoms. The number of nitrogens with zero attached hydrogens (tertiary/aromatic N) is 1. The Hall–Kier alpha value is -2.31. The maximum Gasteiger partial charge on any atom is 0.279 e. The SMILES string of the molecule is CCc1ccc(NS(=O)(=O)c2[nH]ncc2-c2ccc(Cl)cc2)cc1. The summed E-state index contributed by atoms with van der Waals surface area (Å²) in [5.41, 5.74) is 2.85. The van der Waals surface area contributed by atoms with Crippen molar-refractivity contribution in [1.82, 2.24) is 10.2 Å². The van der Waals surface area contributed by atoms with E-state index in [4.69, 9.17) is 11.6 Å². The minimum atomic E-state index is -3.78. The van der Waals surface area contributed by atoms with E-state index < -0.39 is 10.0 Å². The Bertz CT molecular complexity index is 933. The van der Waals surface area contributed by atoms with Gasteiger partial charge >= 0.3 is 0 Å². The van der Waals surface area contributed by atoms with Gasteiger partial charge in [-0.15, -0.1) is 0 Å². The molecule has 3 aromatic rings. The van der Waals surface area contributed by atoms with Crippen LogP contribution in [0.4, 0.5) is 5.69 Å². The van der Waals surface area contributed by atoms with Crippen LogP contribution in [0.1, 0.15) is 12.5 Å². The van der Waals surface area contributed by atoms with E-state index in [9.17, 15) is 8.42 Å². The van der Waals surface area contributed by atoms with Crippen molar-refractivity contribution < 1.29 is 8.42 Å². The number of aromatic amines is 1. The molecule has 124 valence electrons. The molecule has 0 saturated heterocycles. The quantitative estimate of drug-likeness (QED) is 0.718. The van der Waals surface area contributed by atoms with Gasteiger partial charge in [0.25, 0.3) is 10.0 Å². The van der Waals surface area contributed by atoms with E-state index in [1.807, 2.05) is 19.1 Å². The van der Waals surface area contributed by atoms with Gasteiger partial charge in [0.1, 0.15) is 0 Å². The summed E-state index contributed by atoms with van der Waals surface area (Å²) in [5.74, 6) is 0. The second-order valence-corrected chi connectivity index (χ2v) is 7.33. The number of halogens is 1. The molecule has 0 aliphatic carbocycles. The molecule has 5 nitrogen and oxygen atoms in total. The van der Waals surface area contributed by atoms with E-state index in [-0.39, 0.29) is 5.03 Å². The number of sulfonamides is 1. The molecule has 0 fully saturated rings. The van der Waals surface area contributed by atoms with Crippen molar-refractivity contribution in [2.45, 2.75) is 18.4 Å². The zero-order valence-electron chi connectivity index (χ0n) is 13.0. The van der Waals surface area contributed by atoms with Crippen LogP contribution < -0.4 is 4.72 Å². The third-order valence-electron chi connectivity index (χ3n) is 3.64. The first-order valence-electron chi connectivity index (χ1n) is 7.40. The standard InChI is InChI=1S/C17H16ClN3O2S/c1-2-12-3-9-15(10-4-12)21-24(22,23)17-16(11-19-20-17)13-5-7-14(18)8-6-13/h3-11,21H,2H2,1H3,(H,19,20). The van der Waals surface area contributed by atoms with Gasteiger partial charge in [0.05, 0.1) is 6.20 Å².